The lowest BCUT2D eigenvalue weighted by Crippen LogP contribution is -2.59. The van der Waals surface area contributed by atoms with E-state index in [1.165, 1.54) is 5.56 Å². The van der Waals surface area contributed by atoms with Crippen LogP contribution in [0.15, 0.2) is 54.6 Å². The number of likely N-dealkylation sites (N-methyl/N-ethyl adjacent to an activating group) is 1. The van der Waals surface area contributed by atoms with Gasteiger partial charge in [-0.1, -0.05) is 42.5 Å². The molecule has 2 saturated heterocycles. The molecule has 2 unspecified atom stereocenters. The summed E-state index contributed by atoms with van der Waals surface area (Å²) in [6.45, 7) is 6.37. The average Bonchev–Trinajstić information content (AvgIpc) is 2.81. The van der Waals surface area contributed by atoms with Crippen molar-refractivity contribution in [3.63, 3.8) is 0 Å². The van der Waals surface area contributed by atoms with Crippen molar-refractivity contribution in [2.24, 2.45) is 0 Å². The van der Waals surface area contributed by atoms with Crippen molar-refractivity contribution in [2.75, 3.05) is 46.3 Å². The second-order valence-electron chi connectivity index (χ2n) is 8.94. The summed E-state index contributed by atoms with van der Waals surface area (Å²) in [7, 11) is 1.89. The lowest BCUT2D eigenvalue weighted by molar-refractivity contribution is -0.142. The SMILES string of the molecule is CN(CCN1CC2CN(Cc3ccccc3)CC(C1)O2)C(=O)CCc1ccc(C#N)cc1. The van der Waals surface area contributed by atoms with Crippen molar-refractivity contribution in [2.45, 2.75) is 31.6 Å². The first-order valence-corrected chi connectivity index (χ1v) is 11.5. The van der Waals surface area contributed by atoms with Crippen LogP contribution >= 0.6 is 0 Å². The molecule has 2 fully saturated rings. The number of aryl methyl sites for hydroxylation is 1. The van der Waals surface area contributed by atoms with Gasteiger partial charge in [-0.15, -0.1) is 0 Å². The fourth-order valence-corrected chi connectivity index (χ4v) is 4.62. The van der Waals surface area contributed by atoms with E-state index in [1.807, 2.05) is 24.1 Å². The summed E-state index contributed by atoms with van der Waals surface area (Å²) in [6, 6.07) is 20.2. The molecule has 2 bridgehead atoms. The molecule has 6 heteroatoms. The summed E-state index contributed by atoms with van der Waals surface area (Å²) < 4.78 is 6.19. The van der Waals surface area contributed by atoms with Gasteiger partial charge in [-0.2, -0.15) is 5.26 Å². The molecule has 32 heavy (non-hydrogen) atoms. The highest BCUT2D eigenvalue weighted by Gasteiger charge is 2.34. The Labute approximate surface area is 191 Å². The van der Waals surface area contributed by atoms with Crippen molar-refractivity contribution in [1.82, 2.24) is 14.7 Å². The summed E-state index contributed by atoms with van der Waals surface area (Å²) in [4.78, 5) is 19.3. The number of ether oxygens (including phenoxy) is 1. The molecule has 168 valence electrons. The topological polar surface area (TPSA) is 59.8 Å². The van der Waals surface area contributed by atoms with E-state index >= 15 is 0 Å². The average molecular weight is 433 g/mol. The predicted octanol–water partition coefficient (Wildman–Crippen LogP) is 2.53. The minimum atomic E-state index is 0.164. The highest BCUT2D eigenvalue weighted by Crippen LogP contribution is 2.20. The molecule has 0 spiro atoms. The van der Waals surface area contributed by atoms with Crippen LogP contribution in [0.2, 0.25) is 0 Å². The number of hydrogen-bond acceptors (Lipinski definition) is 5. The molecule has 6 nitrogen and oxygen atoms in total. The number of rotatable bonds is 8. The van der Waals surface area contributed by atoms with Crippen molar-refractivity contribution in [3.05, 3.63) is 71.3 Å². The van der Waals surface area contributed by atoms with E-state index in [1.54, 1.807) is 12.1 Å². The van der Waals surface area contributed by atoms with Gasteiger partial charge in [0.2, 0.25) is 5.91 Å². The van der Waals surface area contributed by atoms with Gasteiger partial charge in [0.15, 0.2) is 0 Å². The molecule has 2 aromatic carbocycles. The lowest BCUT2D eigenvalue weighted by Gasteiger charge is -2.46. The third kappa shape index (κ3) is 6.17. The Bertz CT molecular complexity index is 911. The molecule has 0 aliphatic carbocycles. The van der Waals surface area contributed by atoms with E-state index in [9.17, 15) is 4.79 Å². The van der Waals surface area contributed by atoms with E-state index in [0.717, 1.165) is 51.4 Å². The molecule has 0 saturated carbocycles. The molecule has 2 aromatic rings. The summed E-state index contributed by atoms with van der Waals surface area (Å²) in [5.74, 6) is 0.164. The molecule has 2 aliphatic heterocycles. The minimum absolute atomic E-state index is 0.164. The number of hydrogen-bond donors (Lipinski definition) is 0. The van der Waals surface area contributed by atoms with Crippen LogP contribution < -0.4 is 0 Å². The Morgan fingerprint density at radius 2 is 1.66 bits per heavy atom. The van der Waals surface area contributed by atoms with E-state index in [4.69, 9.17) is 10.00 Å². The predicted molar refractivity (Wildman–Crippen MR) is 124 cm³/mol. The number of benzene rings is 2. The Kier molecular flexibility index (Phi) is 7.54. The fraction of sp³-hybridized carbons (Fsp3) is 0.462. The van der Waals surface area contributed by atoms with E-state index in [0.29, 0.717) is 18.4 Å². The molecule has 0 aromatic heterocycles. The number of nitrogens with zero attached hydrogens (tertiary/aromatic N) is 4. The Morgan fingerprint density at radius 1 is 1.00 bits per heavy atom. The summed E-state index contributed by atoms with van der Waals surface area (Å²) >= 11 is 0. The number of carbonyl (C=O) groups excluding carboxylic acids is 1. The normalized spacial score (nSPS) is 21.1. The first kappa shape index (κ1) is 22.5. The van der Waals surface area contributed by atoms with Crippen LogP contribution in [-0.2, 0) is 22.5 Å². The first-order chi connectivity index (χ1) is 15.6. The van der Waals surface area contributed by atoms with Crippen LogP contribution in [0.5, 0.6) is 0 Å². The van der Waals surface area contributed by atoms with Crippen molar-refractivity contribution >= 4 is 5.91 Å². The molecule has 2 atom stereocenters. The second-order valence-corrected chi connectivity index (χ2v) is 8.94. The van der Waals surface area contributed by atoms with Crippen LogP contribution in [0.1, 0.15) is 23.1 Å². The van der Waals surface area contributed by atoms with Gasteiger partial charge < -0.3 is 9.64 Å². The summed E-state index contributed by atoms with van der Waals surface area (Å²) in [5.41, 5.74) is 3.09. The van der Waals surface area contributed by atoms with Gasteiger partial charge in [0.1, 0.15) is 0 Å². The van der Waals surface area contributed by atoms with Crippen molar-refractivity contribution < 1.29 is 9.53 Å². The first-order valence-electron chi connectivity index (χ1n) is 11.5. The Morgan fingerprint density at radius 3 is 2.31 bits per heavy atom. The number of morpholine rings is 2. The Balaban J connectivity index is 1.18. The maximum absolute atomic E-state index is 12.5. The van der Waals surface area contributed by atoms with Crippen LogP contribution in [-0.4, -0.2) is 79.1 Å². The van der Waals surface area contributed by atoms with Gasteiger partial charge in [0.25, 0.3) is 0 Å². The monoisotopic (exact) mass is 432 g/mol. The third-order valence-corrected chi connectivity index (χ3v) is 6.37. The zero-order chi connectivity index (χ0) is 22.3. The number of carbonyl (C=O) groups is 1. The van der Waals surface area contributed by atoms with Crippen LogP contribution in [0.25, 0.3) is 0 Å². The molecular formula is C26H32N4O2. The molecule has 0 N–H and O–H groups in total. The molecule has 4 rings (SSSR count). The summed E-state index contributed by atoms with van der Waals surface area (Å²) in [5, 5.41) is 8.89. The fourth-order valence-electron chi connectivity index (χ4n) is 4.62. The van der Waals surface area contributed by atoms with Crippen LogP contribution in [0.3, 0.4) is 0 Å². The molecule has 2 heterocycles. The van der Waals surface area contributed by atoms with E-state index in [-0.39, 0.29) is 18.1 Å². The van der Waals surface area contributed by atoms with Crippen molar-refractivity contribution in [3.8, 4) is 6.07 Å². The molecule has 1 amide bonds. The third-order valence-electron chi connectivity index (χ3n) is 6.37. The van der Waals surface area contributed by atoms with Crippen LogP contribution in [0, 0.1) is 11.3 Å². The van der Waals surface area contributed by atoms with Gasteiger partial charge in [0.05, 0.1) is 23.8 Å². The zero-order valence-corrected chi connectivity index (χ0v) is 18.8. The standard InChI is InChI=1S/C26H32N4O2/c1-28(26(31)12-11-21-7-9-22(15-27)10-8-21)13-14-29-17-24-19-30(20-25(18-29)32-24)16-23-5-3-2-4-6-23/h2-10,24-25H,11-14,16-20H2,1H3. The largest absolute Gasteiger partial charge is 0.370 e. The highest BCUT2D eigenvalue weighted by atomic mass is 16.5. The van der Waals surface area contributed by atoms with Crippen LogP contribution in [0.4, 0.5) is 0 Å². The molecule has 0 radical (unpaired) electrons. The minimum Gasteiger partial charge on any atom is -0.370 e. The number of nitriles is 1. The highest BCUT2D eigenvalue weighted by molar-refractivity contribution is 5.76. The maximum Gasteiger partial charge on any atom is 0.222 e. The van der Waals surface area contributed by atoms with Gasteiger partial charge in [-0.3, -0.25) is 14.6 Å². The molecular weight excluding hydrogens is 400 g/mol. The van der Waals surface area contributed by atoms with E-state index in [2.05, 4.69) is 46.2 Å². The van der Waals surface area contributed by atoms with Gasteiger partial charge in [-0.25, -0.2) is 0 Å². The number of amides is 1. The van der Waals surface area contributed by atoms with Gasteiger partial charge in [-0.05, 0) is 29.7 Å². The maximum atomic E-state index is 12.5. The summed E-state index contributed by atoms with van der Waals surface area (Å²) in [6.07, 6.45) is 1.67. The zero-order valence-electron chi connectivity index (χ0n) is 18.8. The van der Waals surface area contributed by atoms with Gasteiger partial charge in [0, 0.05) is 59.3 Å². The van der Waals surface area contributed by atoms with Crippen molar-refractivity contribution in [1.29, 1.82) is 5.26 Å². The lowest BCUT2D eigenvalue weighted by atomic mass is 10.1. The number of fused-ring (bicyclic) bond motifs is 2. The molecule has 2 aliphatic rings. The second kappa shape index (κ2) is 10.7. The van der Waals surface area contributed by atoms with Gasteiger partial charge >= 0.3 is 0 Å². The Hall–Kier alpha value is -2.72. The quantitative estimate of drug-likeness (QED) is 0.642. The smallest absolute Gasteiger partial charge is 0.222 e. The van der Waals surface area contributed by atoms with E-state index < -0.39 is 0 Å².